The fraction of sp³-hybridized carbons (Fsp3) is 0.0625. The van der Waals surface area contributed by atoms with Crippen molar-refractivity contribution in [2.75, 3.05) is 5.32 Å². The Morgan fingerprint density at radius 1 is 1.00 bits per heavy atom. The number of anilines is 1. The molecule has 3 aromatic rings. The molecule has 1 amide bonds. The number of halogens is 3. The second-order valence-electron chi connectivity index (χ2n) is 4.86. The van der Waals surface area contributed by atoms with Crippen molar-refractivity contribution in [3.05, 3.63) is 59.6 Å². The molecule has 0 spiro atoms. The van der Waals surface area contributed by atoms with Gasteiger partial charge in [0.2, 0.25) is 0 Å². The van der Waals surface area contributed by atoms with E-state index in [1.165, 1.54) is 47.4 Å². The van der Waals surface area contributed by atoms with Gasteiger partial charge in [0.15, 0.2) is 4.34 Å². The molecule has 0 radical (unpaired) electrons. The second kappa shape index (κ2) is 8.11. The lowest BCUT2D eigenvalue weighted by Gasteiger charge is -2.08. The number of thioether (sulfide) groups is 1. The molecule has 1 N–H and O–H groups in total. The molecular weight excluding hydrogens is 403 g/mol. The van der Waals surface area contributed by atoms with E-state index in [-0.39, 0.29) is 22.2 Å². The average Bonchev–Trinajstić information content (AvgIpc) is 3.09. The van der Waals surface area contributed by atoms with E-state index in [0.29, 0.717) is 5.69 Å². The molecule has 0 unspecified atom stereocenters. The SMILES string of the molecule is O=C(Nc1ccc(Sc2nncs2)cc1)c1ccc(SC(F)(F)F)cc1. The van der Waals surface area contributed by atoms with Crippen molar-refractivity contribution in [1.29, 1.82) is 0 Å². The number of hydrogen-bond donors (Lipinski definition) is 1. The van der Waals surface area contributed by atoms with Gasteiger partial charge >= 0.3 is 5.51 Å². The third kappa shape index (κ3) is 5.48. The molecule has 2 aromatic carbocycles. The summed E-state index contributed by atoms with van der Waals surface area (Å²) in [5.41, 5.74) is -1.83. The Bertz CT molecular complexity index is 867. The molecule has 0 atom stereocenters. The molecular formula is C16H10F3N3OS3. The highest BCUT2D eigenvalue weighted by molar-refractivity contribution is 8.01. The molecule has 3 rings (SSSR count). The van der Waals surface area contributed by atoms with Gasteiger partial charge in [-0.15, -0.1) is 10.2 Å². The van der Waals surface area contributed by atoms with Gasteiger partial charge in [-0.3, -0.25) is 4.79 Å². The summed E-state index contributed by atoms with van der Waals surface area (Å²) in [5, 5.41) is 10.4. The van der Waals surface area contributed by atoms with Gasteiger partial charge in [-0.25, -0.2) is 0 Å². The fourth-order valence-electron chi connectivity index (χ4n) is 1.93. The highest BCUT2D eigenvalue weighted by Crippen LogP contribution is 2.36. The van der Waals surface area contributed by atoms with Gasteiger partial charge in [0.05, 0.1) is 0 Å². The molecule has 0 saturated heterocycles. The molecule has 4 nitrogen and oxygen atoms in total. The minimum absolute atomic E-state index is 0.0344. The Morgan fingerprint density at radius 3 is 2.23 bits per heavy atom. The van der Waals surface area contributed by atoms with Crippen LogP contribution in [0, 0.1) is 0 Å². The van der Waals surface area contributed by atoms with E-state index in [2.05, 4.69) is 15.5 Å². The molecule has 0 aliphatic rings. The van der Waals surface area contributed by atoms with Crippen LogP contribution in [0.25, 0.3) is 0 Å². The van der Waals surface area contributed by atoms with Crippen LogP contribution in [0.2, 0.25) is 0 Å². The zero-order valence-electron chi connectivity index (χ0n) is 12.9. The predicted octanol–water partition coefficient (Wildman–Crippen LogP) is 5.55. The molecule has 0 aliphatic heterocycles. The molecule has 0 bridgehead atoms. The van der Waals surface area contributed by atoms with Crippen LogP contribution in [0.4, 0.5) is 18.9 Å². The lowest BCUT2D eigenvalue weighted by molar-refractivity contribution is -0.0328. The Balaban J connectivity index is 1.60. The molecule has 134 valence electrons. The van der Waals surface area contributed by atoms with E-state index in [4.69, 9.17) is 0 Å². The number of rotatable bonds is 5. The second-order valence-corrected chi connectivity index (χ2v) is 8.15. The summed E-state index contributed by atoms with van der Waals surface area (Å²) >= 11 is 2.68. The van der Waals surface area contributed by atoms with Crippen LogP contribution < -0.4 is 5.32 Å². The third-order valence-electron chi connectivity index (χ3n) is 3.01. The van der Waals surface area contributed by atoms with Crippen molar-refractivity contribution in [1.82, 2.24) is 10.2 Å². The van der Waals surface area contributed by atoms with Crippen molar-refractivity contribution in [2.45, 2.75) is 19.6 Å². The molecule has 0 fully saturated rings. The van der Waals surface area contributed by atoms with E-state index in [1.807, 2.05) is 12.1 Å². The number of alkyl halides is 3. The predicted molar refractivity (Wildman–Crippen MR) is 96.8 cm³/mol. The van der Waals surface area contributed by atoms with Crippen LogP contribution in [0.15, 0.2) is 68.2 Å². The highest BCUT2D eigenvalue weighted by atomic mass is 32.2. The molecule has 10 heteroatoms. The smallest absolute Gasteiger partial charge is 0.322 e. The molecule has 26 heavy (non-hydrogen) atoms. The first-order valence-corrected chi connectivity index (χ1v) is 9.61. The first-order valence-electron chi connectivity index (χ1n) is 7.10. The first kappa shape index (κ1) is 18.7. The van der Waals surface area contributed by atoms with Crippen molar-refractivity contribution in [3.63, 3.8) is 0 Å². The zero-order chi connectivity index (χ0) is 18.6. The van der Waals surface area contributed by atoms with Gasteiger partial charge in [-0.2, -0.15) is 13.2 Å². The standard InChI is InChI=1S/C16H10F3N3OS3/c17-16(18,19)26-13-5-1-10(2-6-13)14(23)21-11-3-7-12(8-4-11)25-15-22-20-9-24-15/h1-9H,(H,21,23). The molecule has 0 saturated carbocycles. The van der Waals surface area contributed by atoms with Crippen LogP contribution in [-0.2, 0) is 0 Å². The number of carbonyl (C=O) groups is 1. The largest absolute Gasteiger partial charge is 0.446 e. The molecule has 1 aromatic heterocycles. The molecule has 0 aliphatic carbocycles. The minimum Gasteiger partial charge on any atom is -0.322 e. The normalized spacial score (nSPS) is 11.3. The lowest BCUT2D eigenvalue weighted by atomic mass is 10.2. The zero-order valence-corrected chi connectivity index (χ0v) is 15.3. The average molecular weight is 413 g/mol. The van der Waals surface area contributed by atoms with Crippen LogP contribution in [0.5, 0.6) is 0 Å². The van der Waals surface area contributed by atoms with Crippen LogP contribution in [0.1, 0.15) is 10.4 Å². The lowest BCUT2D eigenvalue weighted by Crippen LogP contribution is -2.11. The van der Waals surface area contributed by atoms with Gasteiger partial charge < -0.3 is 5.32 Å². The van der Waals surface area contributed by atoms with E-state index in [9.17, 15) is 18.0 Å². The summed E-state index contributed by atoms with van der Waals surface area (Å²) < 4.78 is 37.8. The van der Waals surface area contributed by atoms with Crippen molar-refractivity contribution in [3.8, 4) is 0 Å². The maximum atomic E-state index is 12.3. The summed E-state index contributed by atoms with van der Waals surface area (Å²) in [6.45, 7) is 0. The summed E-state index contributed by atoms with van der Waals surface area (Å²) in [6.07, 6.45) is 0. The number of amides is 1. The number of hydrogen-bond acceptors (Lipinski definition) is 6. The third-order valence-corrected chi connectivity index (χ3v) is 5.53. The number of nitrogens with zero attached hydrogens (tertiary/aromatic N) is 2. The van der Waals surface area contributed by atoms with Gasteiger partial charge in [0.1, 0.15) is 5.51 Å². The highest BCUT2D eigenvalue weighted by Gasteiger charge is 2.29. The Morgan fingerprint density at radius 2 is 1.65 bits per heavy atom. The first-order chi connectivity index (χ1) is 12.4. The van der Waals surface area contributed by atoms with Crippen LogP contribution in [0.3, 0.4) is 0 Å². The Hall–Kier alpha value is -2.04. The topological polar surface area (TPSA) is 54.9 Å². The van der Waals surface area contributed by atoms with Gasteiger partial charge in [0.25, 0.3) is 5.91 Å². The Kier molecular flexibility index (Phi) is 5.84. The number of carbonyl (C=O) groups excluding carboxylic acids is 1. The van der Waals surface area contributed by atoms with Crippen LogP contribution in [-0.4, -0.2) is 21.6 Å². The Labute approximate surface area is 159 Å². The monoisotopic (exact) mass is 413 g/mol. The van der Waals surface area contributed by atoms with E-state index in [0.717, 1.165) is 9.24 Å². The molecule has 1 heterocycles. The van der Waals surface area contributed by atoms with Crippen molar-refractivity contribution < 1.29 is 18.0 Å². The van der Waals surface area contributed by atoms with Crippen LogP contribution >= 0.6 is 34.9 Å². The van der Waals surface area contributed by atoms with Gasteiger partial charge in [-0.05, 0) is 60.3 Å². The maximum absolute atomic E-state index is 12.3. The quantitative estimate of drug-likeness (QED) is 0.556. The van der Waals surface area contributed by atoms with Gasteiger partial charge in [0, 0.05) is 21.0 Å². The van der Waals surface area contributed by atoms with E-state index < -0.39 is 11.4 Å². The van der Waals surface area contributed by atoms with E-state index in [1.54, 1.807) is 17.6 Å². The number of benzene rings is 2. The summed E-state index contributed by atoms with van der Waals surface area (Å²) in [7, 11) is 0. The number of nitrogens with one attached hydrogen (secondary N) is 1. The maximum Gasteiger partial charge on any atom is 0.446 e. The fourth-order valence-corrected chi connectivity index (χ4v) is 3.92. The van der Waals surface area contributed by atoms with Crippen molar-refractivity contribution >= 4 is 46.5 Å². The summed E-state index contributed by atoms with van der Waals surface area (Å²) in [6, 6.07) is 12.4. The number of aromatic nitrogens is 2. The summed E-state index contributed by atoms with van der Waals surface area (Å²) in [5.74, 6) is -0.391. The van der Waals surface area contributed by atoms with E-state index >= 15 is 0 Å². The van der Waals surface area contributed by atoms with Crippen molar-refractivity contribution in [2.24, 2.45) is 0 Å². The minimum atomic E-state index is -4.35. The summed E-state index contributed by atoms with van der Waals surface area (Å²) in [4.78, 5) is 13.2. The van der Waals surface area contributed by atoms with Gasteiger partial charge in [-0.1, -0.05) is 23.1 Å².